The lowest BCUT2D eigenvalue weighted by molar-refractivity contribution is -0.140. The van der Waals surface area contributed by atoms with Crippen LogP contribution in [0.5, 0.6) is 0 Å². The third-order valence-electron chi connectivity index (χ3n) is 5.51. The molecule has 142 valence electrons. The summed E-state index contributed by atoms with van der Waals surface area (Å²) in [7, 11) is 0. The molecule has 2 fully saturated rings. The summed E-state index contributed by atoms with van der Waals surface area (Å²) < 4.78 is 19.3. The Morgan fingerprint density at radius 1 is 1.15 bits per heavy atom. The van der Waals surface area contributed by atoms with E-state index < -0.39 is 0 Å². The molecule has 2 aliphatic rings. The largest absolute Gasteiger partial charge is 0.363 e. The highest BCUT2D eigenvalue weighted by Gasteiger charge is 2.41. The van der Waals surface area contributed by atoms with Crippen molar-refractivity contribution in [2.24, 2.45) is 0 Å². The van der Waals surface area contributed by atoms with Crippen LogP contribution < -0.4 is 4.90 Å². The molecule has 0 bridgehead atoms. The van der Waals surface area contributed by atoms with Gasteiger partial charge in [0.25, 0.3) is 5.91 Å². The van der Waals surface area contributed by atoms with Crippen LogP contribution in [-0.2, 0) is 16.1 Å². The zero-order valence-electron chi connectivity index (χ0n) is 15.3. The van der Waals surface area contributed by atoms with Crippen molar-refractivity contribution in [3.05, 3.63) is 60.2 Å². The minimum absolute atomic E-state index is 0.0660. The molecule has 0 aliphatic carbocycles. The molecule has 2 aliphatic heterocycles. The molecule has 1 spiro atoms. The number of nitrogens with zero attached hydrogens (tertiary/aromatic N) is 3. The van der Waals surface area contributed by atoms with Crippen LogP contribution in [0.4, 0.5) is 10.1 Å². The zero-order valence-corrected chi connectivity index (χ0v) is 15.3. The summed E-state index contributed by atoms with van der Waals surface area (Å²) in [6, 6.07) is 10.2. The number of benzene rings is 1. The fourth-order valence-corrected chi connectivity index (χ4v) is 4.00. The number of morpholine rings is 1. The van der Waals surface area contributed by atoms with Crippen molar-refractivity contribution >= 4 is 11.6 Å². The van der Waals surface area contributed by atoms with Gasteiger partial charge in [-0.1, -0.05) is 6.07 Å². The van der Waals surface area contributed by atoms with E-state index in [-0.39, 0.29) is 23.9 Å². The van der Waals surface area contributed by atoms with Crippen molar-refractivity contribution in [3.8, 4) is 0 Å². The highest BCUT2D eigenvalue weighted by Crippen LogP contribution is 2.33. The van der Waals surface area contributed by atoms with Crippen molar-refractivity contribution in [2.75, 3.05) is 31.1 Å². The van der Waals surface area contributed by atoms with E-state index in [1.807, 2.05) is 12.3 Å². The third-order valence-corrected chi connectivity index (χ3v) is 5.51. The molecule has 1 aromatic heterocycles. The maximum atomic E-state index is 13.2. The van der Waals surface area contributed by atoms with Gasteiger partial charge in [-0.05, 0) is 61.7 Å². The van der Waals surface area contributed by atoms with Crippen LogP contribution in [0.1, 0.15) is 24.8 Å². The van der Waals surface area contributed by atoms with E-state index in [1.54, 1.807) is 23.2 Å². The predicted molar refractivity (Wildman–Crippen MR) is 101 cm³/mol. The van der Waals surface area contributed by atoms with Gasteiger partial charge in [-0.2, -0.15) is 0 Å². The fourth-order valence-electron chi connectivity index (χ4n) is 4.00. The normalized spacial score (nSPS) is 24.2. The average Bonchev–Trinajstić information content (AvgIpc) is 2.88. The predicted octanol–water partition coefficient (Wildman–Crippen LogP) is 3.01. The first-order valence-electron chi connectivity index (χ1n) is 9.45. The lowest BCUT2D eigenvalue weighted by Crippen LogP contribution is -2.55. The highest BCUT2D eigenvalue weighted by atomic mass is 19.1. The molecule has 3 heterocycles. The number of halogens is 1. The summed E-state index contributed by atoms with van der Waals surface area (Å²) in [4.78, 5) is 20.8. The Hall–Kier alpha value is -2.31. The summed E-state index contributed by atoms with van der Waals surface area (Å²) in [6.07, 6.45) is 6.51. The fraction of sp³-hybridized carbons (Fsp3) is 0.429. The summed E-state index contributed by atoms with van der Waals surface area (Å²) in [6.45, 7) is 3.41. The monoisotopic (exact) mass is 369 g/mol. The van der Waals surface area contributed by atoms with Gasteiger partial charge >= 0.3 is 0 Å². The van der Waals surface area contributed by atoms with Gasteiger partial charge in [0.05, 0.1) is 12.1 Å². The Kier molecular flexibility index (Phi) is 5.18. The van der Waals surface area contributed by atoms with E-state index in [2.05, 4.69) is 16.0 Å². The van der Waals surface area contributed by atoms with Gasteiger partial charge in [0.2, 0.25) is 0 Å². The van der Waals surface area contributed by atoms with Gasteiger partial charge in [0.15, 0.2) is 0 Å². The van der Waals surface area contributed by atoms with E-state index >= 15 is 0 Å². The Labute approximate surface area is 158 Å². The van der Waals surface area contributed by atoms with Crippen molar-refractivity contribution in [3.63, 3.8) is 0 Å². The van der Waals surface area contributed by atoms with Gasteiger partial charge in [0, 0.05) is 31.2 Å². The second-order valence-electron chi connectivity index (χ2n) is 7.42. The number of hydrogen-bond acceptors (Lipinski definition) is 4. The molecule has 0 saturated carbocycles. The number of amides is 1. The Balaban J connectivity index is 1.45. The molecule has 4 rings (SSSR count). The van der Waals surface area contributed by atoms with Crippen LogP contribution in [0, 0.1) is 5.82 Å². The van der Waals surface area contributed by atoms with E-state index in [0.717, 1.165) is 44.6 Å². The minimum Gasteiger partial charge on any atom is -0.363 e. The van der Waals surface area contributed by atoms with E-state index in [1.165, 1.54) is 17.7 Å². The second-order valence-corrected chi connectivity index (χ2v) is 7.42. The first-order valence-corrected chi connectivity index (χ1v) is 9.45. The lowest BCUT2D eigenvalue weighted by Gasteiger charge is -2.42. The van der Waals surface area contributed by atoms with Crippen LogP contribution in [0.2, 0.25) is 0 Å². The van der Waals surface area contributed by atoms with E-state index in [0.29, 0.717) is 6.54 Å². The number of carbonyl (C=O) groups excluding carboxylic acids is 1. The van der Waals surface area contributed by atoms with Crippen molar-refractivity contribution in [2.45, 2.75) is 31.4 Å². The smallest absolute Gasteiger partial charge is 0.253 e. The van der Waals surface area contributed by atoms with Crippen LogP contribution in [0.25, 0.3) is 0 Å². The number of anilines is 1. The maximum absolute atomic E-state index is 13.2. The SMILES string of the molecule is O=C1COC2(CCCN(Cc3cccnc3)CC2)CN1c1ccc(F)cc1. The zero-order chi connectivity index (χ0) is 18.7. The first kappa shape index (κ1) is 18.1. The lowest BCUT2D eigenvalue weighted by atomic mass is 9.92. The van der Waals surface area contributed by atoms with Crippen LogP contribution >= 0.6 is 0 Å². The summed E-state index contributed by atoms with van der Waals surface area (Å²) in [5.74, 6) is -0.363. The van der Waals surface area contributed by atoms with Crippen molar-refractivity contribution in [1.82, 2.24) is 9.88 Å². The number of likely N-dealkylation sites (tertiary alicyclic amines) is 1. The number of ether oxygens (including phenoxy) is 1. The molecule has 2 saturated heterocycles. The third kappa shape index (κ3) is 4.17. The number of rotatable bonds is 3. The van der Waals surface area contributed by atoms with Crippen LogP contribution in [-0.4, -0.2) is 47.6 Å². The van der Waals surface area contributed by atoms with Crippen molar-refractivity contribution in [1.29, 1.82) is 0 Å². The standard InChI is InChI=1S/C21H24FN3O2/c22-18-4-6-19(7-5-18)25-16-21(27-15-20(25)26)8-2-11-24(12-9-21)14-17-3-1-10-23-13-17/h1,3-7,10,13H,2,8-9,11-12,14-16H2. The number of pyridine rings is 1. The molecule has 5 nitrogen and oxygen atoms in total. The molecule has 6 heteroatoms. The Bertz CT molecular complexity index is 784. The molecule has 1 atom stereocenters. The number of hydrogen-bond donors (Lipinski definition) is 0. The first-order chi connectivity index (χ1) is 13.1. The summed E-state index contributed by atoms with van der Waals surface area (Å²) in [5.41, 5.74) is 1.62. The molecular weight excluding hydrogens is 345 g/mol. The second kappa shape index (κ2) is 7.74. The summed E-state index contributed by atoms with van der Waals surface area (Å²) in [5, 5.41) is 0. The molecule has 1 aromatic carbocycles. The van der Waals surface area contributed by atoms with Crippen LogP contribution in [0.15, 0.2) is 48.8 Å². The average molecular weight is 369 g/mol. The molecule has 1 amide bonds. The van der Waals surface area contributed by atoms with Gasteiger partial charge < -0.3 is 9.64 Å². The maximum Gasteiger partial charge on any atom is 0.253 e. The van der Waals surface area contributed by atoms with Crippen molar-refractivity contribution < 1.29 is 13.9 Å². The quantitative estimate of drug-likeness (QED) is 0.834. The highest BCUT2D eigenvalue weighted by molar-refractivity contribution is 5.95. The molecule has 1 unspecified atom stereocenters. The Morgan fingerprint density at radius 2 is 2.00 bits per heavy atom. The van der Waals surface area contributed by atoms with Gasteiger partial charge in [-0.15, -0.1) is 0 Å². The molecule has 0 N–H and O–H groups in total. The Morgan fingerprint density at radius 3 is 2.78 bits per heavy atom. The number of aromatic nitrogens is 1. The van der Waals surface area contributed by atoms with Crippen LogP contribution in [0.3, 0.4) is 0 Å². The number of carbonyl (C=O) groups is 1. The van der Waals surface area contributed by atoms with E-state index in [9.17, 15) is 9.18 Å². The molecule has 2 aromatic rings. The molecule has 0 radical (unpaired) electrons. The minimum atomic E-state index is -0.327. The molecular formula is C21H24FN3O2. The van der Waals surface area contributed by atoms with Gasteiger partial charge in [0.1, 0.15) is 12.4 Å². The van der Waals surface area contributed by atoms with Gasteiger partial charge in [-0.25, -0.2) is 4.39 Å². The van der Waals surface area contributed by atoms with E-state index in [4.69, 9.17) is 4.74 Å². The van der Waals surface area contributed by atoms with Gasteiger partial charge in [-0.3, -0.25) is 14.7 Å². The molecule has 27 heavy (non-hydrogen) atoms. The summed E-state index contributed by atoms with van der Waals surface area (Å²) >= 11 is 0. The topological polar surface area (TPSA) is 45.7 Å².